The number of nitrogens with zero attached hydrogens (tertiary/aromatic N) is 5. The van der Waals surface area contributed by atoms with Crippen LogP contribution in [0.1, 0.15) is 11.3 Å². The maximum Gasteiger partial charge on any atom is 0.207 e. The van der Waals surface area contributed by atoms with E-state index in [2.05, 4.69) is 10.1 Å². The molecule has 0 saturated carbocycles. The molecular formula is C19H19N5O2. The molecule has 4 aromatic heterocycles. The second-order valence-corrected chi connectivity index (χ2v) is 6.25. The van der Waals surface area contributed by atoms with Gasteiger partial charge in [-0.2, -0.15) is 5.10 Å². The zero-order valence-corrected chi connectivity index (χ0v) is 15.1. The van der Waals surface area contributed by atoms with Gasteiger partial charge in [0.1, 0.15) is 5.75 Å². The Kier molecular flexibility index (Phi) is 3.64. The molecule has 0 aromatic carbocycles. The van der Waals surface area contributed by atoms with Crippen molar-refractivity contribution in [3.8, 4) is 28.7 Å². The molecule has 0 amide bonds. The minimum atomic E-state index is 0.150. The zero-order chi connectivity index (χ0) is 18.4. The summed E-state index contributed by atoms with van der Waals surface area (Å²) in [5, 5.41) is 15.9. The summed E-state index contributed by atoms with van der Waals surface area (Å²) in [5.74, 6) is 1.48. The summed E-state index contributed by atoms with van der Waals surface area (Å²) in [6.07, 6.45) is 5.25. The second kappa shape index (κ2) is 5.87. The van der Waals surface area contributed by atoms with Gasteiger partial charge < -0.3 is 9.84 Å². The smallest absolute Gasteiger partial charge is 0.207 e. The van der Waals surface area contributed by atoms with Crippen molar-refractivity contribution in [3.05, 3.63) is 48.0 Å². The molecule has 0 radical (unpaired) electrons. The predicted octanol–water partition coefficient (Wildman–Crippen LogP) is 3.15. The molecule has 0 aliphatic heterocycles. The number of pyridine rings is 2. The van der Waals surface area contributed by atoms with Crippen LogP contribution in [0.4, 0.5) is 0 Å². The first-order chi connectivity index (χ1) is 12.5. The highest BCUT2D eigenvalue weighted by atomic mass is 16.5. The van der Waals surface area contributed by atoms with Gasteiger partial charge in [-0.05, 0) is 31.5 Å². The first kappa shape index (κ1) is 16.1. The lowest BCUT2D eigenvalue weighted by atomic mass is 10.1. The molecule has 7 heteroatoms. The van der Waals surface area contributed by atoms with E-state index in [4.69, 9.17) is 9.72 Å². The molecule has 0 fully saturated rings. The first-order valence-electron chi connectivity index (χ1n) is 8.20. The van der Waals surface area contributed by atoms with Gasteiger partial charge in [0.25, 0.3) is 0 Å². The number of hydrogen-bond donors (Lipinski definition) is 1. The van der Waals surface area contributed by atoms with Crippen molar-refractivity contribution in [1.29, 1.82) is 0 Å². The number of fused-ring (bicyclic) bond motifs is 1. The molecule has 7 nitrogen and oxygen atoms in total. The van der Waals surface area contributed by atoms with Gasteiger partial charge in [0.05, 0.1) is 35.6 Å². The number of rotatable bonds is 3. The van der Waals surface area contributed by atoms with E-state index in [0.29, 0.717) is 11.6 Å². The third kappa shape index (κ3) is 2.40. The van der Waals surface area contributed by atoms with E-state index in [9.17, 15) is 5.11 Å². The van der Waals surface area contributed by atoms with Crippen LogP contribution in [-0.4, -0.2) is 36.5 Å². The van der Waals surface area contributed by atoms with Crippen molar-refractivity contribution in [2.45, 2.75) is 13.8 Å². The summed E-state index contributed by atoms with van der Waals surface area (Å²) in [6, 6.07) is 5.69. The van der Waals surface area contributed by atoms with Crippen LogP contribution in [0, 0.1) is 13.8 Å². The van der Waals surface area contributed by atoms with Crippen LogP contribution in [0.5, 0.6) is 11.6 Å². The van der Waals surface area contributed by atoms with E-state index < -0.39 is 0 Å². The molecule has 4 heterocycles. The van der Waals surface area contributed by atoms with Gasteiger partial charge in [-0.15, -0.1) is 0 Å². The summed E-state index contributed by atoms with van der Waals surface area (Å²) in [7, 11) is 3.45. The number of hydrogen-bond acceptors (Lipinski definition) is 5. The Hall–Kier alpha value is -3.35. The van der Waals surface area contributed by atoms with Crippen molar-refractivity contribution in [2.75, 3.05) is 7.11 Å². The molecule has 4 rings (SSSR count). The molecular weight excluding hydrogens is 330 g/mol. The lowest BCUT2D eigenvalue weighted by Gasteiger charge is -2.06. The number of aromatic nitrogens is 5. The van der Waals surface area contributed by atoms with Crippen molar-refractivity contribution >= 4 is 10.9 Å². The van der Waals surface area contributed by atoms with Gasteiger partial charge in [0.2, 0.25) is 5.88 Å². The minimum absolute atomic E-state index is 0.150. The number of methoxy groups -OCH3 is 1. The van der Waals surface area contributed by atoms with E-state index in [1.165, 1.54) is 0 Å². The van der Waals surface area contributed by atoms with E-state index in [-0.39, 0.29) is 5.88 Å². The van der Waals surface area contributed by atoms with E-state index in [0.717, 1.165) is 33.4 Å². The molecule has 0 unspecified atom stereocenters. The number of aryl methyl sites for hydroxylation is 3. The third-order valence-electron chi connectivity index (χ3n) is 4.50. The monoisotopic (exact) mass is 349 g/mol. The Bertz CT molecular complexity index is 1130. The molecule has 1 N–H and O–H groups in total. The number of aromatic hydroxyl groups is 1. The third-order valence-corrected chi connectivity index (χ3v) is 4.50. The summed E-state index contributed by atoms with van der Waals surface area (Å²) in [5.41, 5.74) is 4.15. The molecule has 4 aromatic rings. The van der Waals surface area contributed by atoms with Crippen molar-refractivity contribution < 1.29 is 9.84 Å². The van der Waals surface area contributed by atoms with Crippen LogP contribution >= 0.6 is 0 Å². The molecule has 0 spiro atoms. The fraction of sp³-hybridized carbons (Fsp3) is 0.211. The van der Waals surface area contributed by atoms with Crippen molar-refractivity contribution in [3.63, 3.8) is 0 Å². The molecule has 0 aliphatic carbocycles. The quantitative estimate of drug-likeness (QED) is 0.615. The van der Waals surface area contributed by atoms with Crippen LogP contribution in [0.15, 0.2) is 36.8 Å². The van der Waals surface area contributed by atoms with Gasteiger partial charge in [0, 0.05) is 31.1 Å². The Morgan fingerprint density at radius 2 is 1.96 bits per heavy atom. The first-order valence-corrected chi connectivity index (χ1v) is 8.20. The lowest BCUT2D eigenvalue weighted by molar-refractivity contribution is 0.413. The van der Waals surface area contributed by atoms with Gasteiger partial charge in [-0.1, -0.05) is 0 Å². The molecule has 0 aliphatic rings. The maximum absolute atomic E-state index is 10.8. The highest BCUT2D eigenvalue weighted by Gasteiger charge is 2.20. The number of ether oxygens (including phenoxy) is 1. The molecule has 0 bridgehead atoms. The zero-order valence-electron chi connectivity index (χ0n) is 15.1. The molecule has 132 valence electrons. The topological polar surface area (TPSA) is 78.0 Å². The van der Waals surface area contributed by atoms with Gasteiger partial charge >= 0.3 is 0 Å². The van der Waals surface area contributed by atoms with Gasteiger partial charge in [-0.25, -0.2) is 4.98 Å². The fourth-order valence-electron chi connectivity index (χ4n) is 3.21. The van der Waals surface area contributed by atoms with Crippen LogP contribution < -0.4 is 4.74 Å². The van der Waals surface area contributed by atoms with Crippen LogP contribution in [0.25, 0.3) is 28.0 Å². The van der Waals surface area contributed by atoms with Crippen molar-refractivity contribution in [2.24, 2.45) is 7.05 Å². The van der Waals surface area contributed by atoms with Gasteiger partial charge in [-0.3, -0.25) is 14.2 Å². The van der Waals surface area contributed by atoms with E-state index in [1.807, 2.05) is 45.3 Å². The summed E-state index contributed by atoms with van der Waals surface area (Å²) in [6.45, 7) is 3.89. The molecule has 0 atom stereocenters. The second-order valence-electron chi connectivity index (χ2n) is 6.25. The Morgan fingerprint density at radius 3 is 2.65 bits per heavy atom. The normalized spacial score (nSPS) is 11.2. The predicted molar refractivity (Wildman–Crippen MR) is 98.8 cm³/mol. The maximum atomic E-state index is 10.8. The highest BCUT2D eigenvalue weighted by Crippen LogP contribution is 2.36. The average molecular weight is 349 g/mol. The summed E-state index contributed by atoms with van der Waals surface area (Å²) in [4.78, 5) is 8.99. The average Bonchev–Trinajstić information content (AvgIpc) is 3.16. The Labute approximate surface area is 150 Å². The molecule has 0 saturated heterocycles. The van der Waals surface area contributed by atoms with Crippen LogP contribution in [-0.2, 0) is 7.05 Å². The summed E-state index contributed by atoms with van der Waals surface area (Å²) < 4.78 is 8.68. The largest absolute Gasteiger partial charge is 0.495 e. The van der Waals surface area contributed by atoms with Gasteiger partial charge in [0.15, 0.2) is 5.82 Å². The van der Waals surface area contributed by atoms with E-state index in [1.54, 1.807) is 28.8 Å². The Morgan fingerprint density at radius 1 is 1.15 bits per heavy atom. The SMILES string of the molecule is COc1cncc(-c2cc(C)c3c(O)n(-c4ccn(C)n4)c(C)c3n2)c1. The van der Waals surface area contributed by atoms with E-state index >= 15 is 0 Å². The fourth-order valence-corrected chi connectivity index (χ4v) is 3.21. The Balaban J connectivity index is 1.96. The lowest BCUT2D eigenvalue weighted by Crippen LogP contribution is -1.98. The summed E-state index contributed by atoms with van der Waals surface area (Å²) >= 11 is 0. The van der Waals surface area contributed by atoms with Crippen LogP contribution in [0.3, 0.4) is 0 Å². The van der Waals surface area contributed by atoms with Crippen molar-refractivity contribution in [1.82, 2.24) is 24.3 Å². The molecule has 26 heavy (non-hydrogen) atoms. The standard InChI is InChI=1S/C19H19N5O2/c1-11-7-15(13-8-14(26-4)10-20-9-13)21-18-12(2)24(19(25)17(11)18)16-5-6-23(3)22-16/h5-10,25H,1-4H3. The highest BCUT2D eigenvalue weighted by molar-refractivity contribution is 5.93. The van der Waals surface area contributed by atoms with Crippen LogP contribution in [0.2, 0.25) is 0 Å². The minimum Gasteiger partial charge on any atom is -0.495 e.